The average Bonchev–Trinajstić information content (AvgIpc) is 2.64. The average molecular weight is 426 g/mol. The van der Waals surface area contributed by atoms with Gasteiger partial charge in [0.1, 0.15) is 0 Å². The molecule has 2 aromatic rings. The zero-order valence-corrected chi connectivity index (χ0v) is 18.0. The Labute approximate surface area is 173 Å². The van der Waals surface area contributed by atoms with Gasteiger partial charge >= 0.3 is 0 Å². The minimum absolute atomic E-state index is 0. The van der Waals surface area contributed by atoms with E-state index in [-0.39, 0.29) is 23.2 Å². The van der Waals surface area contributed by atoms with E-state index in [0.717, 1.165) is 24.1 Å². The molecule has 0 bridgehead atoms. The molecule has 0 saturated heterocycles. The van der Waals surface area contributed by atoms with Crippen LogP contribution in [0.5, 0.6) is 0 Å². The molecule has 0 radical (unpaired) electrons. The minimum atomic E-state index is -3.70. The lowest BCUT2D eigenvalue weighted by Crippen LogP contribution is -2.32. The normalized spacial score (nSPS) is 10.8. The molecule has 6 nitrogen and oxygen atoms in total. The van der Waals surface area contributed by atoms with Crippen molar-refractivity contribution in [3.8, 4) is 0 Å². The number of hydrogen-bond donors (Lipinski definition) is 3. The predicted molar refractivity (Wildman–Crippen MR) is 116 cm³/mol. The fraction of sp³-hybridized carbons (Fsp3) is 0.350. The molecule has 0 aromatic heterocycles. The van der Waals surface area contributed by atoms with Gasteiger partial charge in [-0.15, -0.1) is 12.4 Å². The summed E-state index contributed by atoms with van der Waals surface area (Å²) in [5.41, 5.74) is 3.05. The van der Waals surface area contributed by atoms with Crippen LogP contribution < -0.4 is 15.4 Å². The van der Waals surface area contributed by atoms with Crippen molar-refractivity contribution in [2.75, 3.05) is 24.4 Å². The number of halogens is 1. The molecule has 0 unspecified atom stereocenters. The molecular weight excluding hydrogens is 398 g/mol. The van der Waals surface area contributed by atoms with E-state index in [1.807, 2.05) is 19.9 Å². The number of nitrogens with one attached hydrogen (secondary N) is 3. The number of aryl methyl sites for hydroxylation is 2. The van der Waals surface area contributed by atoms with E-state index in [2.05, 4.69) is 22.3 Å². The SMILES string of the molecule is CCCNCCNC(=O)c1ccc(S(=O)(=O)Nc2ccc(C)c(C)c2)cc1.Cl. The third kappa shape index (κ3) is 6.82. The van der Waals surface area contributed by atoms with Crippen molar-refractivity contribution < 1.29 is 13.2 Å². The van der Waals surface area contributed by atoms with Crippen LogP contribution in [0.3, 0.4) is 0 Å². The van der Waals surface area contributed by atoms with E-state index < -0.39 is 10.0 Å². The summed E-state index contributed by atoms with van der Waals surface area (Å²) in [5.74, 6) is -0.223. The van der Waals surface area contributed by atoms with Crippen LogP contribution in [-0.4, -0.2) is 34.0 Å². The van der Waals surface area contributed by atoms with Crippen LogP contribution in [0.1, 0.15) is 34.8 Å². The van der Waals surface area contributed by atoms with E-state index in [4.69, 9.17) is 0 Å². The second-order valence-corrected chi connectivity index (χ2v) is 8.12. The van der Waals surface area contributed by atoms with Gasteiger partial charge in [-0.3, -0.25) is 9.52 Å². The van der Waals surface area contributed by atoms with Crippen molar-refractivity contribution in [1.82, 2.24) is 10.6 Å². The van der Waals surface area contributed by atoms with E-state index in [1.165, 1.54) is 24.3 Å². The van der Waals surface area contributed by atoms with Gasteiger partial charge in [-0.25, -0.2) is 8.42 Å². The third-order valence-corrected chi connectivity index (χ3v) is 5.60. The summed E-state index contributed by atoms with van der Waals surface area (Å²) in [5, 5.41) is 6.00. The van der Waals surface area contributed by atoms with Crippen LogP contribution >= 0.6 is 12.4 Å². The van der Waals surface area contributed by atoms with Gasteiger partial charge in [0, 0.05) is 24.3 Å². The first kappa shape index (κ1) is 23.9. The van der Waals surface area contributed by atoms with Crippen molar-refractivity contribution in [2.45, 2.75) is 32.1 Å². The standard InChI is InChI=1S/C20H27N3O3S.ClH/c1-4-11-21-12-13-22-20(24)17-6-9-19(10-7-17)27(25,26)23-18-8-5-15(2)16(3)14-18;/h5-10,14,21,23H,4,11-13H2,1-3H3,(H,22,24);1H. The second kappa shape index (κ2) is 11.0. The van der Waals surface area contributed by atoms with E-state index in [1.54, 1.807) is 12.1 Å². The van der Waals surface area contributed by atoms with Gasteiger partial charge < -0.3 is 10.6 Å². The van der Waals surface area contributed by atoms with Gasteiger partial charge in [-0.05, 0) is 74.3 Å². The third-order valence-electron chi connectivity index (χ3n) is 4.20. The largest absolute Gasteiger partial charge is 0.351 e. The number of benzene rings is 2. The van der Waals surface area contributed by atoms with Crippen LogP contribution in [0.15, 0.2) is 47.4 Å². The minimum Gasteiger partial charge on any atom is -0.351 e. The molecule has 2 rings (SSSR count). The van der Waals surface area contributed by atoms with Crippen LogP contribution in [0.4, 0.5) is 5.69 Å². The Morgan fingerprint density at radius 1 is 0.929 bits per heavy atom. The molecule has 0 saturated carbocycles. The van der Waals surface area contributed by atoms with Gasteiger partial charge in [0.05, 0.1) is 4.90 Å². The van der Waals surface area contributed by atoms with Crippen molar-refractivity contribution in [3.05, 3.63) is 59.2 Å². The van der Waals surface area contributed by atoms with E-state index >= 15 is 0 Å². The van der Waals surface area contributed by atoms with Crippen LogP contribution in [-0.2, 0) is 10.0 Å². The number of rotatable bonds is 9. The molecule has 0 heterocycles. The van der Waals surface area contributed by atoms with Crippen LogP contribution in [0.2, 0.25) is 0 Å². The van der Waals surface area contributed by atoms with Crippen LogP contribution in [0, 0.1) is 13.8 Å². The molecule has 0 atom stereocenters. The summed E-state index contributed by atoms with van der Waals surface area (Å²) in [4.78, 5) is 12.2. The van der Waals surface area contributed by atoms with Gasteiger partial charge in [0.2, 0.25) is 0 Å². The molecule has 1 amide bonds. The van der Waals surface area contributed by atoms with Crippen molar-refractivity contribution >= 4 is 34.0 Å². The highest BCUT2D eigenvalue weighted by atomic mass is 35.5. The highest BCUT2D eigenvalue weighted by Gasteiger charge is 2.15. The zero-order chi connectivity index (χ0) is 19.9. The maximum atomic E-state index is 12.5. The lowest BCUT2D eigenvalue weighted by atomic mass is 10.1. The molecule has 8 heteroatoms. The fourth-order valence-corrected chi connectivity index (χ4v) is 3.52. The molecule has 2 aromatic carbocycles. The molecule has 28 heavy (non-hydrogen) atoms. The Balaban J connectivity index is 0.00000392. The first-order valence-corrected chi connectivity index (χ1v) is 10.5. The maximum absolute atomic E-state index is 12.5. The molecule has 3 N–H and O–H groups in total. The number of carbonyl (C=O) groups is 1. The number of anilines is 1. The highest BCUT2D eigenvalue weighted by molar-refractivity contribution is 7.92. The zero-order valence-electron chi connectivity index (χ0n) is 16.4. The summed E-state index contributed by atoms with van der Waals surface area (Å²) in [6.07, 6.45) is 1.04. The topological polar surface area (TPSA) is 87.3 Å². The molecule has 0 fully saturated rings. The van der Waals surface area contributed by atoms with Crippen LogP contribution in [0.25, 0.3) is 0 Å². The number of amides is 1. The lowest BCUT2D eigenvalue weighted by Gasteiger charge is -2.11. The lowest BCUT2D eigenvalue weighted by molar-refractivity contribution is 0.0954. The van der Waals surface area contributed by atoms with Gasteiger partial charge in [0.15, 0.2) is 0 Å². The van der Waals surface area contributed by atoms with Gasteiger partial charge in [-0.2, -0.15) is 0 Å². The number of carbonyl (C=O) groups excluding carboxylic acids is 1. The Morgan fingerprint density at radius 2 is 1.61 bits per heavy atom. The number of hydrogen-bond acceptors (Lipinski definition) is 4. The first-order chi connectivity index (χ1) is 12.8. The molecule has 154 valence electrons. The predicted octanol–water partition coefficient (Wildman–Crippen LogP) is 3.26. The second-order valence-electron chi connectivity index (χ2n) is 6.43. The monoisotopic (exact) mass is 425 g/mol. The Bertz CT molecular complexity index is 884. The van der Waals surface area contributed by atoms with Crippen molar-refractivity contribution in [3.63, 3.8) is 0 Å². The molecule has 0 aliphatic heterocycles. The van der Waals surface area contributed by atoms with E-state index in [9.17, 15) is 13.2 Å². The number of sulfonamides is 1. The molecule has 0 aliphatic carbocycles. The van der Waals surface area contributed by atoms with Crippen molar-refractivity contribution in [1.29, 1.82) is 0 Å². The molecular formula is C20H28ClN3O3S. The Morgan fingerprint density at radius 3 is 2.21 bits per heavy atom. The molecule has 0 aliphatic rings. The smallest absolute Gasteiger partial charge is 0.261 e. The first-order valence-electron chi connectivity index (χ1n) is 9.02. The molecule has 0 spiro atoms. The van der Waals surface area contributed by atoms with Crippen molar-refractivity contribution in [2.24, 2.45) is 0 Å². The van der Waals surface area contributed by atoms with Gasteiger partial charge in [-0.1, -0.05) is 13.0 Å². The summed E-state index contributed by atoms with van der Waals surface area (Å²) in [6.45, 7) is 8.11. The Kier molecular flexibility index (Phi) is 9.45. The Hall–Kier alpha value is -2.09. The summed E-state index contributed by atoms with van der Waals surface area (Å²) >= 11 is 0. The summed E-state index contributed by atoms with van der Waals surface area (Å²) in [6, 6.07) is 11.3. The quantitative estimate of drug-likeness (QED) is 0.538. The maximum Gasteiger partial charge on any atom is 0.261 e. The summed E-state index contributed by atoms with van der Waals surface area (Å²) < 4.78 is 27.6. The highest BCUT2D eigenvalue weighted by Crippen LogP contribution is 2.19. The van der Waals surface area contributed by atoms with Gasteiger partial charge in [0.25, 0.3) is 15.9 Å². The fourth-order valence-electron chi connectivity index (χ4n) is 2.47. The van der Waals surface area contributed by atoms with E-state index in [0.29, 0.717) is 24.3 Å². The summed E-state index contributed by atoms with van der Waals surface area (Å²) in [7, 11) is -3.70.